The number of nitrogens with two attached hydrogens (primary N) is 1. The minimum absolute atomic E-state index is 0.157. The smallest absolute Gasteiger partial charge is 0.316 e. The van der Waals surface area contributed by atoms with E-state index in [1.807, 2.05) is 5.32 Å². The van der Waals surface area contributed by atoms with Crippen molar-refractivity contribution in [3.8, 4) is 0 Å². The second-order valence-corrected chi connectivity index (χ2v) is 3.73. The van der Waals surface area contributed by atoms with Crippen LogP contribution < -0.4 is 16.4 Å². The Hall–Kier alpha value is -2.08. The Morgan fingerprint density at radius 1 is 1.11 bits per heavy atom. The number of hydrogen-bond donors (Lipinski definition) is 3. The van der Waals surface area contributed by atoms with Crippen molar-refractivity contribution in [3.05, 3.63) is 29.8 Å². The van der Waals surface area contributed by atoms with E-state index in [1.165, 1.54) is 24.3 Å². The zero-order valence-electron chi connectivity index (χ0n) is 9.40. The second kappa shape index (κ2) is 6.61. The van der Waals surface area contributed by atoms with Crippen molar-refractivity contribution >= 4 is 35.0 Å². The van der Waals surface area contributed by atoms with E-state index in [0.29, 0.717) is 5.69 Å². The molecule has 3 amide bonds. The Morgan fingerprint density at radius 2 is 1.72 bits per heavy atom. The number of benzene rings is 1. The molecule has 0 saturated carbocycles. The normalized spacial score (nSPS) is 9.61. The maximum atomic E-state index is 11.6. The van der Waals surface area contributed by atoms with Gasteiger partial charge in [0.2, 0.25) is 0 Å². The summed E-state index contributed by atoms with van der Waals surface area (Å²) in [5, 5.41) is 4.19. The van der Waals surface area contributed by atoms with E-state index in [9.17, 15) is 14.4 Å². The van der Waals surface area contributed by atoms with Gasteiger partial charge in [0.25, 0.3) is 5.91 Å². The molecule has 0 spiro atoms. The van der Waals surface area contributed by atoms with Crippen LogP contribution in [0.25, 0.3) is 0 Å². The van der Waals surface area contributed by atoms with Gasteiger partial charge in [0.1, 0.15) is 0 Å². The fourth-order valence-electron chi connectivity index (χ4n) is 1.11. The molecule has 7 heteroatoms. The minimum atomic E-state index is -1.03. The molecule has 4 N–H and O–H groups in total. The Morgan fingerprint density at radius 3 is 2.28 bits per heavy atom. The summed E-state index contributed by atoms with van der Waals surface area (Å²) in [5.74, 6) is -2.41. The van der Waals surface area contributed by atoms with E-state index in [2.05, 4.69) is 5.32 Å². The largest absolute Gasteiger partial charge is 0.399 e. The highest BCUT2D eigenvalue weighted by Gasteiger charge is 2.16. The Bertz CT molecular complexity index is 459. The summed E-state index contributed by atoms with van der Waals surface area (Å²) in [6.07, 6.45) is 0. The predicted molar refractivity (Wildman–Crippen MR) is 67.1 cm³/mol. The number of nitrogen functional groups attached to an aromatic ring is 1. The first-order valence-electron chi connectivity index (χ1n) is 5.09. The van der Waals surface area contributed by atoms with Crippen LogP contribution in [0.2, 0.25) is 0 Å². The average Bonchev–Trinajstić information content (AvgIpc) is 2.36. The summed E-state index contributed by atoms with van der Waals surface area (Å²) in [4.78, 5) is 34.0. The van der Waals surface area contributed by atoms with Gasteiger partial charge in [-0.2, -0.15) is 0 Å². The molecule has 1 aromatic carbocycles. The van der Waals surface area contributed by atoms with Crippen LogP contribution >= 0.6 is 11.6 Å². The number of carbonyl (C=O) groups is 3. The van der Waals surface area contributed by atoms with Crippen LogP contribution in [0.4, 0.5) is 5.69 Å². The summed E-state index contributed by atoms with van der Waals surface area (Å²) < 4.78 is 0. The number of carbonyl (C=O) groups excluding carboxylic acids is 3. The van der Waals surface area contributed by atoms with Crippen molar-refractivity contribution in [2.75, 3.05) is 18.2 Å². The number of anilines is 1. The van der Waals surface area contributed by atoms with Gasteiger partial charge in [0, 0.05) is 23.7 Å². The van der Waals surface area contributed by atoms with Gasteiger partial charge >= 0.3 is 11.8 Å². The standard InChI is InChI=1S/C11H12ClN3O3/c12-5-6-14-10(17)11(18)15-9(16)7-1-3-8(13)4-2-7/h1-4H,5-6,13H2,(H,14,17)(H,15,16,18). The molecule has 1 aromatic rings. The highest BCUT2D eigenvalue weighted by Crippen LogP contribution is 2.04. The zero-order valence-corrected chi connectivity index (χ0v) is 10.2. The first-order valence-corrected chi connectivity index (χ1v) is 5.63. The molecule has 0 heterocycles. The van der Waals surface area contributed by atoms with E-state index in [4.69, 9.17) is 17.3 Å². The minimum Gasteiger partial charge on any atom is -0.399 e. The second-order valence-electron chi connectivity index (χ2n) is 3.35. The number of rotatable bonds is 3. The summed E-state index contributed by atoms with van der Waals surface area (Å²) in [6.45, 7) is 0.157. The SMILES string of the molecule is Nc1ccc(C(=O)NC(=O)C(=O)NCCCl)cc1. The molecule has 0 aliphatic rings. The lowest BCUT2D eigenvalue weighted by molar-refractivity contribution is -0.138. The van der Waals surface area contributed by atoms with Gasteiger partial charge in [-0.1, -0.05) is 0 Å². The van der Waals surface area contributed by atoms with Gasteiger partial charge < -0.3 is 11.1 Å². The van der Waals surface area contributed by atoms with E-state index in [0.717, 1.165) is 0 Å². The molecule has 0 aliphatic carbocycles. The number of hydrogen-bond acceptors (Lipinski definition) is 4. The molecule has 0 aromatic heterocycles. The number of nitrogens with one attached hydrogen (secondary N) is 2. The molecular formula is C11H12ClN3O3. The summed E-state index contributed by atoms with van der Waals surface area (Å²) in [6, 6.07) is 5.95. The first kappa shape index (κ1) is 14.0. The molecule has 0 fully saturated rings. The fraction of sp³-hybridized carbons (Fsp3) is 0.182. The van der Waals surface area contributed by atoms with Gasteiger partial charge in [0.15, 0.2) is 0 Å². The third-order valence-corrected chi connectivity index (χ3v) is 2.18. The molecule has 6 nitrogen and oxygen atoms in total. The van der Waals surface area contributed by atoms with Crippen molar-refractivity contribution in [1.29, 1.82) is 0 Å². The van der Waals surface area contributed by atoms with E-state index < -0.39 is 17.7 Å². The first-order chi connectivity index (χ1) is 8.54. The van der Waals surface area contributed by atoms with Crippen LogP contribution in [0.15, 0.2) is 24.3 Å². The quantitative estimate of drug-likeness (QED) is 0.404. The van der Waals surface area contributed by atoms with Crippen molar-refractivity contribution in [1.82, 2.24) is 10.6 Å². The third kappa shape index (κ3) is 4.06. The van der Waals surface area contributed by atoms with Crippen LogP contribution in [0.1, 0.15) is 10.4 Å². The fourth-order valence-corrected chi connectivity index (χ4v) is 1.20. The molecule has 0 unspecified atom stereocenters. The third-order valence-electron chi connectivity index (χ3n) is 1.99. The molecule has 1 rings (SSSR count). The monoisotopic (exact) mass is 269 g/mol. The lowest BCUT2D eigenvalue weighted by Crippen LogP contribution is -2.43. The average molecular weight is 270 g/mol. The van der Waals surface area contributed by atoms with Crippen LogP contribution in [0.5, 0.6) is 0 Å². The van der Waals surface area contributed by atoms with Gasteiger partial charge in [-0.25, -0.2) is 0 Å². The van der Waals surface area contributed by atoms with Crippen molar-refractivity contribution < 1.29 is 14.4 Å². The van der Waals surface area contributed by atoms with Crippen LogP contribution in [0.3, 0.4) is 0 Å². The van der Waals surface area contributed by atoms with Crippen molar-refractivity contribution in [3.63, 3.8) is 0 Å². The van der Waals surface area contributed by atoms with Crippen LogP contribution in [-0.2, 0) is 9.59 Å². The van der Waals surface area contributed by atoms with Gasteiger partial charge in [-0.15, -0.1) is 11.6 Å². The van der Waals surface area contributed by atoms with Crippen LogP contribution in [0, 0.1) is 0 Å². The molecule has 0 saturated heterocycles. The molecule has 96 valence electrons. The Kier molecular flexibility index (Phi) is 5.13. The zero-order chi connectivity index (χ0) is 13.5. The lowest BCUT2D eigenvalue weighted by atomic mass is 10.2. The van der Waals surface area contributed by atoms with Gasteiger partial charge in [0.05, 0.1) is 0 Å². The Labute approximate surface area is 108 Å². The van der Waals surface area contributed by atoms with E-state index in [1.54, 1.807) is 0 Å². The number of imide groups is 1. The number of amides is 3. The van der Waals surface area contributed by atoms with Gasteiger partial charge in [-0.3, -0.25) is 19.7 Å². The number of alkyl halides is 1. The highest BCUT2D eigenvalue weighted by atomic mass is 35.5. The summed E-state index contributed by atoms with van der Waals surface area (Å²) >= 11 is 5.34. The van der Waals surface area contributed by atoms with E-state index in [-0.39, 0.29) is 18.0 Å². The summed E-state index contributed by atoms with van der Waals surface area (Å²) in [5.41, 5.74) is 6.19. The molecule has 0 aliphatic heterocycles. The molecule has 0 bridgehead atoms. The topological polar surface area (TPSA) is 101 Å². The van der Waals surface area contributed by atoms with Crippen molar-refractivity contribution in [2.45, 2.75) is 0 Å². The van der Waals surface area contributed by atoms with E-state index >= 15 is 0 Å². The molecule has 0 atom stereocenters. The predicted octanol–water partition coefficient (Wildman–Crippen LogP) is -0.120. The lowest BCUT2D eigenvalue weighted by Gasteiger charge is -2.04. The van der Waals surface area contributed by atoms with Crippen molar-refractivity contribution in [2.24, 2.45) is 0 Å². The maximum Gasteiger partial charge on any atom is 0.316 e. The summed E-state index contributed by atoms with van der Waals surface area (Å²) in [7, 11) is 0. The molecular weight excluding hydrogens is 258 g/mol. The highest BCUT2D eigenvalue weighted by molar-refractivity contribution is 6.38. The number of halogens is 1. The molecule has 0 radical (unpaired) electrons. The Balaban J connectivity index is 2.57. The maximum absolute atomic E-state index is 11.6. The van der Waals surface area contributed by atoms with Gasteiger partial charge in [-0.05, 0) is 24.3 Å². The molecule has 18 heavy (non-hydrogen) atoms. The van der Waals surface area contributed by atoms with Crippen LogP contribution in [-0.4, -0.2) is 30.1 Å².